The van der Waals surface area contributed by atoms with Crippen molar-refractivity contribution in [3.63, 3.8) is 0 Å². The number of nitriles is 1. The van der Waals surface area contributed by atoms with Crippen LogP contribution in [0.5, 0.6) is 0 Å². The zero-order valence-corrected chi connectivity index (χ0v) is 20.6. The lowest BCUT2D eigenvalue weighted by Crippen LogP contribution is -2.52. The van der Waals surface area contributed by atoms with Gasteiger partial charge in [0.1, 0.15) is 6.07 Å². The molecule has 0 unspecified atom stereocenters. The van der Waals surface area contributed by atoms with Crippen molar-refractivity contribution >= 4 is 15.9 Å². The van der Waals surface area contributed by atoms with Crippen LogP contribution in [-0.4, -0.2) is 73.2 Å². The molecule has 180 valence electrons. The predicted molar refractivity (Wildman–Crippen MR) is 127 cm³/mol. The maximum atomic E-state index is 13.6. The van der Waals surface area contributed by atoms with Crippen LogP contribution in [0.25, 0.3) is 0 Å². The second-order valence-corrected chi connectivity index (χ2v) is 11.9. The molecule has 2 saturated carbocycles. The molecule has 1 amide bonds. The van der Waals surface area contributed by atoms with E-state index in [9.17, 15) is 18.5 Å². The van der Waals surface area contributed by atoms with Crippen molar-refractivity contribution in [3.8, 4) is 6.07 Å². The fourth-order valence-corrected chi connectivity index (χ4v) is 7.14. The normalized spacial score (nSPS) is 24.8. The molecule has 1 saturated heterocycles. The van der Waals surface area contributed by atoms with E-state index in [1.54, 1.807) is 28.6 Å². The maximum absolute atomic E-state index is 13.6. The number of amides is 1. The molecule has 0 radical (unpaired) electrons. The SMILES string of the molecule is CC(C)N1CCN(C(=O)[C@H]2CC[C@H](N(CC3CC3)S(=O)(=O)c3ccccc3C#N)CC2)CC1. The van der Waals surface area contributed by atoms with Crippen molar-refractivity contribution in [3.05, 3.63) is 29.8 Å². The molecule has 8 heteroatoms. The standard InChI is InChI=1S/C25H36N4O3S/c1-19(2)27-13-15-28(16-14-27)25(30)21-9-11-23(12-10-21)29(18-20-7-8-20)33(31,32)24-6-4-3-5-22(24)17-26/h3-6,19-21,23H,7-16,18H2,1-2H3/t21-,23-. The van der Waals surface area contributed by atoms with Crippen molar-refractivity contribution in [2.24, 2.45) is 11.8 Å². The molecule has 0 spiro atoms. The Labute approximate surface area is 198 Å². The summed E-state index contributed by atoms with van der Waals surface area (Å²) >= 11 is 0. The van der Waals surface area contributed by atoms with Crippen LogP contribution in [0.1, 0.15) is 57.9 Å². The Bertz CT molecular complexity index is 983. The first-order valence-corrected chi connectivity index (χ1v) is 13.8. The van der Waals surface area contributed by atoms with Gasteiger partial charge in [0.15, 0.2) is 0 Å². The highest BCUT2D eigenvalue weighted by Gasteiger charge is 2.40. The van der Waals surface area contributed by atoms with Gasteiger partial charge in [0.25, 0.3) is 0 Å². The first-order chi connectivity index (χ1) is 15.8. The fourth-order valence-electron chi connectivity index (χ4n) is 5.24. The zero-order chi connectivity index (χ0) is 23.6. The van der Waals surface area contributed by atoms with Gasteiger partial charge < -0.3 is 4.90 Å². The third-order valence-electron chi connectivity index (χ3n) is 7.54. The van der Waals surface area contributed by atoms with Crippen molar-refractivity contribution < 1.29 is 13.2 Å². The Morgan fingerprint density at radius 1 is 1.06 bits per heavy atom. The Hall–Kier alpha value is -1.95. The number of carbonyl (C=O) groups is 1. The van der Waals surface area contributed by atoms with Crippen LogP contribution in [0.2, 0.25) is 0 Å². The monoisotopic (exact) mass is 472 g/mol. The zero-order valence-electron chi connectivity index (χ0n) is 19.8. The predicted octanol–water partition coefficient (Wildman–Crippen LogP) is 3.07. The topological polar surface area (TPSA) is 84.7 Å². The molecule has 3 fully saturated rings. The summed E-state index contributed by atoms with van der Waals surface area (Å²) in [5, 5.41) is 9.46. The number of hydrogen-bond acceptors (Lipinski definition) is 5. The summed E-state index contributed by atoms with van der Waals surface area (Å²) in [7, 11) is -3.76. The highest BCUT2D eigenvalue weighted by molar-refractivity contribution is 7.89. The second kappa shape index (κ2) is 10.1. The highest BCUT2D eigenvalue weighted by Crippen LogP contribution is 2.37. The minimum Gasteiger partial charge on any atom is -0.340 e. The molecule has 1 aromatic carbocycles. The van der Waals surface area contributed by atoms with E-state index in [-0.39, 0.29) is 28.3 Å². The third-order valence-corrected chi connectivity index (χ3v) is 9.52. The lowest BCUT2D eigenvalue weighted by Gasteiger charge is -2.40. The molecular weight excluding hydrogens is 436 g/mol. The van der Waals surface area contributed by atoms with E-state index < -0.39 is 10.0 Å². The van der Waals surface area contributed by atoms with Crippen LogP contribution in [0, 0.1) is 23.2 Å². The van der Waals surface area contributed by atoms with E-state index >= 15 is 0 Å². The average molecular weight is 473 g/mol. The molecule has 1 aliphatic heterocycles. The number of piperazine rings is 1. The number of hydrogen-bond donors (Lipinski definition) is 0. The van der Waals surface area contributed by atoms with Gasteiger partial charge >= 0.3 is 0 Å². The summed E-state index contributed by atoms with van der Waals surface area (Å²) in [5.74, 6) is 0.637. The minimum absolute atomic E-state index is 0.0104. The minimum atomic E-state index is -3.76. The van der Waals surface area contributed by atoms with E-state index in [4.69, 9.17) is 0 Å². The van der Waals surface area contributed by atoms with Crippen LogP contribution in [-0.2, 0) is 14.8 Å². The van der Waals surface area contributed by atoms with Crippen LogP contribution >= 0.6 is 0 Å². The first-order valence-electron chi connectivity index (χ1n) is 12.3. The Kier molecular flexibility index (Phi) is 7.42. The van der Waals surface area contributed by atoms with Gasteiger partial charge in [0, 0.05) is 50.7 Å². The molecule has 0 aromatic heterocycles. The summed E-state index contributed by atoms with van der Waals surface area (Å²) in [6.07, 6.45) is 4.96. The summed E-state index contributed by atoms with van der Waals surface area (Å²) in [6.45, 7) is 8.30. The number of rotatable bonds is 7. The van der Waals surface area contributed by atoms with Crippen molar-refractivity contribution in [2.75, 3.05) is 32.7 Å². The van der Waals surface area contributed by atoms with Crippen molar-refractivity contribution in [2.45, 2.75) is 69.4 Å². The first kappa shape index (κ1) is 24.2. The summed E-state index contributed by atoms with van der Waals surface area (Å²) in [5.41, 5.74) is 0.197. The van der Waals surface area contributed by atoms with Gasteiger partial charge in [0.2, 0.25) is 15.9 Å². The molecule has 7 nitrogen and oxygen atoms in total. The Balaban J connectivity index is 1.42. The van der Waals surface area contributed by atoms with E-state index in [0.717, 1.165) is 51.9 Å². The van der Waals surface area contributed by atoms with Gasteiger partial charge in [0.05, 0.1) is 10.5 Å². The molecule has 1 aromatic rings. The fraction of sp³-hybridized carbons (Fsp3) is 0.680. The number of carbonyl (C=O) groups excluding carboxylic acids is 1. The van der Waals surface area contributed by atoms with Gasteiger partial charge in [-0.3, -0.25) is 9.69 Å². The molecule has 0 bridgehead atoms. The lowest BCUT2D eigenvalue weighted by atomic mass is 9.85. The Morgan fingerprint density at radius 3 is 2.27 bits per heavy atom. The average Bonchev–Trinajstić information content (AvgIpc) is 3.66. The molecule has 33 heavy (non-hydrogen) atoms. The van der Waals surface area contributed by atoms with E-state index in [0.29, 0.717) is 31.3 Å². The quantitative estimate of drug-likeness (QED) is 0.609. The van der Waals surface area contributed by atoms with E-state index in [1.807, 2.05) is 11.0 Å². The van der Waals surface area contributed by atoms with Crippen LogP contribution in [0.4, 0.5) is 0 Å². The largest absolute Gasteiger partial charge is 0.340 e. The number of sulfonamides is 1. The van der Waals surface area contributed by atoms with Gasteiger partial charge in [-0.15, -0.1) is 0 Å². The highest BCUT2D eigenvalue weighted by atomic mass is 32.2. The van der Waals surface area contributed by atoms with Crippen LogP contribution in [0.3, 0.4) is 0 Å². The molecule has 3 aliphatic rings. The number of benzene rings is 1. The summed E-state index contributed by atoms with van der Waals surface area (Å²) in [4.78, 5) is 17.7. The number of nitrogens with zero attached hydrogens (tertiary/aromatic N) is 4. The van der Waals surface area contributed by atoms with Gasteiger partial charge in [-0.1, -0.05) is 12.1 Å². The molecule has 4 rings (SSSR count). The van der Waals surface area contributed by atoms with Crippen LogP contribution in [0.15, 0.2) is 29.2 Å². The summed E-state index contributed by atoms with van der Waals surface area (Å²) in [6, 6.07) is 8.91. The molecule has 0 atom stereocenters. The molecular formula is C25H36N4O3S. The van der Waals surface area contributed by atoms with E-state index in [1.165, 1.54) is 0 Å². The Morgan fingerprint density at radius 2 is 1.70 bits per heavy atom. The maximum Gasteiger partial charge on any atom is 0.244 e. The molecule has 2 aliphatic carbocycles. The lowest BCUT2D eigenvalue weighted by molar-refractivity contribution is -0.138. The van der Waals surface area contributed by atoms with Crippen molar-refractivity contribution in [1.82, 2.24) is 14.1 Å². The van der Waals surface area contributed by atoms with Gasteiger partial charge in [-0.05, 0) is 70.4 Å². The van der Waals surface area contributed by atoms with Crippen molar-refractivity contribution in [1.29, 1.82) is 5.26 Å². The molecule has 0 N–H and O–H groups in total. The smallest absolute Gasteiger partial charge is 0.244 e. The molecule has 1 heterocycles. The van der Waals surface area contributed by atoms with Crippen LogP contribution < -0.4 is 0 Å². The van der Waals surface area contributed by atoms with E-state index in [2.05, 4.69) is 18.7 Å². The summed E-state index contributed by atoms with van der Waals surface area (Å²) < 4.78 is 28.9. The van der Waals surface area contributed by atoms with Gasteiger partial charge in [-0.2, -0.15) is 9.57 Å². The van der Waals surface area contributed by atoms with Gasteiger partial charge in [-0.25, -0.2) is 8.42 Å². The third kappa shape index (κ3) is 5.42. The second-order valence-electron chi connectivity index (χ2n) is 10.1.